The molecule has 15 heavy (non-hydrogen) atoms. The molecule has 2 heteroatoms. The Morgan fingerprint density at radius 2 is 1.87 bits per heavy atom. The van der Waals surface area contributed by atoms with Crippen LogP contribution in [0.1, 0.15) is 18.4 Å². The van der Waals surface area contributed by atoms with Crippen LogP contribution in [0.4, 0.5) is 0 Å². The third kappa shape index (κ3) is 1.48. The summed E-state index contributed by atoms with van der Waals surface area (Å²) < 4.78 is 1.12. The number of fused-ring (bicyclic) bond motifs is 1. The molecule has 2 aromatic carbocycles. The molecule has 0 radical (unpaired) electrons. The zero-order valence-corrected chi connectivity index (χ0v) is 9.92. The Kier molecular flexibility index (Phi) is 1.91. The lowest BCUT2D eigenvalue weighted by Gasteiger charge is -2.13. The fourth-order valence-electron chi connectivity index (χ4n) is 2.09. The fourth-order valence-corrected chi connectivity index (χ4v) is 2.57. The van der Waals surface area contributed by atoms with E-state index in [-0.39, 0.29) is 5.54 Å². The molecule has 0 unspecified atom stereocenters. The number of nitrogens with two attached hydrogens (primary N) is 1. The molecule has 0 heterocycles. The number of rotatable bonds is 1. The van der Waals surface area contributed by atoms with Gasteiger partial charge in [0.15, 0.2) is 0 Å². The average Bonchev–Trinajstić information content (AvgIpc) is 2.96. The second-order valence-electron chi connectivity index (χ2n) is 4.33. The van der Waals surface area contributed by atoms with Crippen LogP contribution in [0.15, 0.2) is 40.9 Å². The summed E-state index contributed by atoms with van der Waals surface area (Å²) in [6.07, 6.45) is 2.21. The monoisotopic (exact) mass is 261 g/mol. The highest BCUT2D eigenvalue weighted by atomic mass is 79.9. The maximum atomic E-state index is 6.28. The Hall–Kier alpha value is -0.860. The normalized spacial score (nSPS) is 18.0. The first-order valence-electron chi connectivity index (χ1n) is 5.17. The molecule has 2 N–H and O–H groups in total. The van der Waals surface area contributed by atoms with Gasteiger partial charge in [-0.25, -0.2) is 0 Å². The summed E-state index contributed by atoms with van der Waals surface area (Å²) in [5.74, 6) is 0. The van der Waals surface area contributed by atoms with Crippen LogP contribution in [0.3, 0.4) is 0 Å². The highest BCUT2D eigenvalue weighted by Crippen LogP contribution is 2.46. The Morgan fingerprint density at radius 3 is 2.60 bits per heavy atom. The van der Waals surface area contributed by atoms with E-state index in [2.05, 4.69) is 52.3 Å². The third-order valence-electron chi connectivity index (χ3n) is 3.15. The number of halogens is 1. The first-order valence-corrected chi connectivity index (χ1v) is 5.96. The standard InChI is InChI=1S/C13H12BrN/c14-10-7-9-3-1-2-4-11(9)12(8-10)13(15)5-6-13/h1-4,7-8H,5-6,15H2. The van der Waals surface area contributed by atoms with E-state index in [0.717, 1.165) is 17.3 Å². The number of hydrogen-bond donors (Lipinski definition) is 1. The molecule has 76 valence electrons. The first kappa shape index (κ1) is 9.37. The highest BCUT2D eigenvalue weighted by molar-refractivity contribution is 9.10. The molecule has 0 atom stereocenters. The molecule has 0 amide bonds. The van der Waals surface area contributed by atoms with Crippen molar-refractivity contribution in [2.45, 2.75) is 18.4 Å². The maximum Gasteiger partial charge on any atom is 0.0417 e. The molecule has 1 fully saturated rings. The van der Waals surface area contributed by atoms with Crippen LogP contribution >= 0.6 is 15.9 Å². The van der Waals surface area contributed by atoms with E-state index in [1.54, 1.807) is 0 Å². The van der Waals surface area contributed by atoms with Crippen LogP contribution in [0.2, 0.25) is 0 Å². The summed E-state index contributed by atoms with van der Waals surface area (Å²) in [5.41, 5.74) is 7.50. The van der Waals surface area contributed by atoms with Crippen molar-refractivity contribution in [1.29, 1.82) is 0 Å². The van der Waals surface area contributed by atoms with Gasteiger partial charge in [0.1, 0.15) is 0 Å². The van der Waals surface area contributed by atoms with Gasteiger partial charge in [0.05, 0.1) is 0 Å². The lowest BCUT2D eigenvalue weighted by molar-refractivity contribution is 0.747. The van der Waals surface area contributed by atoms with Crippen LogP contribution in [0.25, 0.3) is 10.8 Å². The molecule has 0 saturated heterocycles. The Balaban J connectivity index is 2.36. The smallest absolute Gasteiger partial charge is 0.0417 e. The van der Waals surface area contributed by atoms with Crippen molar-refractivity contribution in [2.75, 3.05) is 0 Å². The fraction of sp³-hybridized carbons (Fsp3) is 0.231. The molecule has 0 aromatic heterocycles. The van der Waals surface area contributed by atoms with Gasteiger partial charge in [0, 0.05) is 10.0 Å². The minimum Gasteiger partial charge on any atom is -0.321 e. The molecule has 1 aliphatic rings. The van der Waals surface area contributed by atoms with Crippen LogP contribution in [-0.4, -0.2) is 0 Å². The molecule has 3 rings (SSSR count). The van der Waals surface area contributed by atoms with E-state index in [4.69, 9.17) is 5.73 Å². The quantitative estimate of drug-likeness (QED) is 0.835. The van der Waals surface area contributed by atoms with Gasteiger partial charge < -0.3 is 5.73 Å². The Bertz CT molecular complexity index is 529. The van der Waals surface area contributed by atoms with E-state index in [0.29, 0.717) is 0 Å². The molecule has 0 spiro atoms. The van der Waals surface area contributed by atoms with Crippen molar-refractivity contribution < 1.29 is 0 Å². The molecular weight excluding hydrogens is 250 g/mol. The van der Waals surface area contributed by atoms with E-state index >= 15 is 0 Å². The summed E-state index contributed by atoms with van der Waals surface area (Å²) in [4.78, 5) is 0. The molecule has 2 aromatic rings. The molecule has 1 nitrogen and oxygen atoms in total. The van der Waals surface area contributed by atoms with E-state index in [1.165, 1.54) is 16.3 Å². The van der Waals surface area contributed by atoms with Gasteiger partial charge in [-0.1, -0.05) is 40.2 Å². The van der Waals surface area contributed by atoms with Gasteiger partial charge in [-0.2, -0.15) is 0 Å². The zero-order chi connectivity index (χ0) is 10.5. The van der Waals surface area contributed by atoms with Crippen molar-refractivity contribution in [1.82, 2.24) is 0 Å². The van der Waals surface area contributed by atoms with Crippen molar-refractivity contribution in [3.05, 3.63) is 46.4 Å². The highest BCUT2D eigenvalue weighted by Gasteiger charge is 2.41. The van der Waals surface area contributed by atoms with Gasteiger partial charge in [-0.3, -0.25) is 0 Å². The summed E-state index contributed by atoms with van der Waals surface area (Å²) >= 11 is 3.55. The zero-order valence-electron chi connectivity index (χ0n) is 8.33. The van der Waals surface area contributed by atoms with E-state index in [9.17, 15) is 0 Å². The van der Waals surface area contributed by atoms with E-state index in [1.807, 2.05) is 0 Å². The molecule has 0 bridgehead atoms. The van der Waals surface area contributed by atoms with E-state index < -0.39 is 0 Å². The second kappa shape index (κ2) is 3.06. The van der Waals surface area contributed by atoms with Crippen molar-refractivity contribution in [2.24, 2.45) is 5.73 Å². The second-order valence-corrected chi connectivity index (χ2v) is 5.25. The van der Waals surface area contributed by atoms with Gasteiger partial charge in [-0.15, -0.1) is 0 Å². The third-order valence-corrected chi connectivity index (χ3v) is 3.61. The minimum absolute atomic E-state index is 0.0661. The summed E-state index contributed by atoms with van der Waals surface area (Å²) in [6, 6.07) is 12.7. The van der Waals surface area contributed by atoms with Gasteiger partial charge in [0.25, 0.3) is 0 Å². The van der Waals surface area contributed by atoms with Crippen molar-refractivity contribution >= 4 is 26.7 Å². The predicted molar refractivity (Wildman–Crippen MR) is 66.7 cm³/mol. The lowest BCUT2D eigenvalue weighted by atomic mass is 9.98. The largest absolute Gasteiger partial charge is 0.321 e. The topological polar surface area (TPSA) is 26.0 Å². The average molecular weight is 262 g/mol. The summed E-state index contributed by atoms with van der Waals surface area (Å²) in [6.45, 7) is 0. The van der Waals surface area contributed by atoms with Crippen LogP contribution in [-0.2, 0) is 5.54 Å². The molecule has 1 aliphatic carbocycles. The van der Waals surface area contributed by atoms with Crippen molar-refractivity contribution in [3.8, 4) is 0 Å². The van der Waals surface area contributed by atoms with Gasteiger partial charge in [0.2, 0.25) is 0 Å². The summed E-state index contributed by atoms with van der Waals surface area (Å²) in [7, 11) is 0. The number of hydrogen-bond acceptors (Lipinski definition) is 1. The molecular formula is C13H12BrN. The Labute approximate surface area is 97.4 Å². The number of benzene rings is 2. The lowest BCUT2D eigenvalue weighted by Crippen LogP contribution is -2.19. The molecule has 1 saturated carbocycles. The Morgan fingerprint density at radius 1 is 1.13 bits per heavy atom. The summed E-state index contributed by atoms with van der Waals surface area (Å²) in [5, 5.41) is 2.55. The first-order chi connectivity index (χ1) is 7.19. The van der Waals surface area contributed by atoms with Gasteiger partial charge in [-0.05, 0) is 41.3 Å². The molecule has 0 aliphatic heterocycles. The van der Waals surface area contributed by atoms with Crippen molar-refractivity contribution in [3.63, 3.8) is 0 Å². The van der Waals surface area contributed by atoms with Crippen LogP contribution in [0, 0.1) is 0 Å². The minimum atomic E-state index is -0.0661. The maximum absolute atomic E-state index is 6.28. The van der Waals surface area contributed by atoms with Crippen LogP contribution < -0.4 is 5.73 Å². The van der Waals surface area contributed by atoms with Gasteiger partial charge >= 0.3 is 0 Å². The van der Waals surface area contributed by atoms with Crippen LogP contribution in [0.5, 0.6) is 0 Å². The SMILES string of the molecule is NC1(c2cc(Br)cc3ccccc23)CC1. The predicted octanol–water partition coefficient (Wildman–Crippen LogP) is 3.55.